The second-order valence-electron chi connectivity index (χ2n) is 3.79. The molecule has 0 atom stereocenters. The first-order chi connectivity index (χ1) is 7.53. The lowest BCUT2D eigenvalue weighted by molar-refractivity contribution is -0.129. The predicted octanol–water partition coefficient (Wildman–Crippen LogP) is 1.93. The maximum absolute atomic E-state index is 11.6. The minimum absolute atomic E-state index is 0.240. The average molecular weight is 235 g/mol. The van der Waals surface area contributed by atoms with Crippen LogP contribution >= 0.6 is 12.2 Å². The van der Waals surface area contributed by atoms with Gasteiger partial charge in [0.15, 0.2) is 23.0 Å². The van der Waals surface area contributed by atoms with Gasteiger partial charge in [-0.15, -0.1) is 0 Å². The van der Waals surface area contributed by atoms with Gasteiger partial charge in [-0.3, -0.25) is 4.79 Å². The number of rotatable bonds is 1. The summed E-state index contributed by atoms with van der Waals surface area (Å²) in [7, 11) is 0. The number of ether oxygens (including phenoxy) is 1. The third-order valence-electron chi connectivity index (χ3n) is 2.15. The molecule has 0 fully saturated rings. The number of hydrogen-bond acceptors (Lipinski definition) is 5. The van der Waals surface area contributed by atoms with E-state index >= 15 is 0 Å². The van der Waals surface area contributed by atoms with E-state index < -0.39 is 5.60 Å². The number of fused-ring (bicyclic) bond motifs is 1. The van der Waals surface area contributed by atoms with Crippen molar-refractivity contribution in [1.29, 1.82) is 0 Å². The monoisotopic (exact) mass is 235 g/mol. The Kier molecular flexibility index (Phi) is 2.46. The summed E-state index contributed by atoms with van der Waals surface area (Å²) in [5.74, 6) is 1.03. The number of nitrogens with one attached hydrogen (secondary N) is 1. The zero-order valence-corrected chi connectivity index (χ0v) is 9.59. The lowest BCUT2D eigenvalue weighted by atomic mass is 10.1. The Bertz CT molecular complexity index is 507. The van der Waals surface area contributed by atoms with Gasteiger partial charge in [-0.25, -0.2) is 4.98 Å². The Hall–Kier alpha value is -1.78. The largest absolute Gasteiger partial charge is 0.474 e. The standard InChI is InChI=1S/C10H9N3O2S/c1-10(2)9(14)13-8-6(15-10)3-4-7(12-8)11-5-16/h3-4H,1-2H3,(H,12,13,14). The summed E-state index contributed by atoms with van der Waals surface area (Å²) in [6.45, 7) is 3.38. The first-order valence-electron chi connectivity index (χ1n) is 4.62. The van der Waals surface area contributed by atoms with Crippen molar-refractivity contribution in [3.8, 4) is 5.75 Å². The van der Waals surface area contributed by atoms with Gasteiger partial charge in [0.05, 0.1) is 5.16 Å². The predicted molar refractivity (Wildman–Crippen MR) is 62.3 cm³/mol. The normalized spacial score (nSPS) is 16.5. The Morgan fingerprint density at radius 3 is 3.00 bits per heavy atom. The van der Waals surface area contributed by atoms with Crippen LogP contribution in [0.3, 0.4) is 0 Å². The molecule has 16 heavy (non-hydrogen) atoms. The molecule has 1 N–H and O–H groups in total. The first-order valence-corrected chi connectivity index (χ1v) is 5.03. The van der Waals surface area contributed by atoms with Crippen molar-refractivity contribution < 1.29 is 9.53 Å². The number of hydrogen-bond donors (Lipinski definition) is 1. The number of isothiocyanates is 1. The van der Waals surface area contributed by atoms with Crippen LogP contribution in [0.15, 0.2) is 17.1 Å². The third-order valence-corrected chi connectivity index (χ3v) is 2.24. The van der Waals surface area contributed by atoms with Crippen LogP contribution < -0.4 is 10.1 Å². The van der Waals surface area contributed by atoms with Crippen LogP contribution in [0.25, 0.3) is 0 Å². The number of aliphatic imine (C=N–C) groups is 1. The van der Waals surface area contributed by atoms with E-state index in [9.17, 15) is 4.79 Å². The molecule has 0 saturated heterocycles. The first kappa shape index (κ1) is 10.7. The number of carbonyl (C=O) groups excluding carboxylic acids is 1. The molecule has 0 radical (unpaired) electrons. The highest BCUT2D eigenvalue weighted by molar-refractivity contribution is 7.78. The Morgan fingerprint density at radius 2 is 2.31 bits per heavy atom. The van der Waals surface area contributed by atoms with Crippen LogP contribution in [0.4, 0.5) is 11.6 Å². The van der Waals surface area contributed by atoms with E-state index in [-0.39, 0.29) is 5.91 Å². The van der Waals surface area contributed by atoms with Crippen LogP contribution in [0.1, 0.15) is 13.8 Å². The molecule has 0 bridgehead atoms. The molecule has 1 aliphatic heterocycles. The van der Waals surface area contributed by atoms with E-state index in [1.807, 2.05) is 0 Å². The molecular formula is C10H9N3O2S. The number of nitrogens with zero attached hydrogens (tertiary/aromatic N) is 2. The van der Waals surface area contributed by atoms with Crippen molar-refractivity contribution in [3.05, 3.63) is 12.1 Å². The molecule has 6 heteroatoms. The summed E-state index contributed by atoms with van der Waals surface area (Å²) in [4.78, 5) is 19.4. The molecule has 0 saturated carbocycles. The molecule has 1 aromatic heterocycles. The van der Waals surface area contributed by atoms with Crippen LogP contribution in [0, 0.1) is 0 Å². The molecule has 0 aromatic carbocycles. The molecule has 5 nitrogen and oxygen atoms in total. The van der Waals surface area contributed by atoms with Crippen LogP contribution in [0.2, 0.25) is 0 Å². The Labute approximate surface area is 97.5 Å². The molecule has 82 valence electrons. The van der Waals surface area contributed by atoms with Gasteiger partial charge < -0.3 is 10.1 Å². The molecule has 0 spiro atoms. The summed E-state index contributed by atoms with van der Waals surface area (Å²) in [6, 6.07) is 3.33. The number of carbonyl (C=O) groups is 1. The SMILES string of the molecule is CC1(C)Oc2ccc(N=C=S)nc2NC1=O. The van der Waals surface area contributed by atoms with Crippen molar-refractivity contribution in [1.82, 2.24) is 4.98 Å². The van der Waals surface area contributed by atoms with Crippen molar-refractivity contribution >= 4 is 34.9 Å². The third kappa shape index (κ3) is 1.80. The number of pyridine rings is 1. The molecule has 2 rings (SSSR count). The average Bonchev–Trinajstić information content (AvgIpc) is 2.20. The molecule has 2 heterocycles. The second kappa shape index (κ2) is 3.66. The lowest BCUT2D eigenvalue weighted by Gasteiger charge is -2.30. The molecular weight excluding hydrogens is 226 g/mol. The van der Waals surface area contributed by atoms with Crippen molar-refractivity contribution in [2.24, 2.45) is 4.99 Å². The van der Waals surface area contributed by atoms with Gasteiger partial charge in [0, 0.05) is 0 Å². The van der Waals surface area contributed by atoms with E-state index in [1.165, 1.54) is 0 Å². The summed E-state index contributed by atoms with van der Waals surface area (Å²) in [5, 5.41) is 4.86. The van der Waals surface area contributed by atoms with Gasteiger partial charge in [0.2, 0.25) is 0 Å². The van der Waals surface area contributed by atoms with Crippen LogP contribution in [-0.2, 0) is 4.79 Å². The lowest BCUT2D eigenvalue weighted by Crippen LogP contribution is -2.45. The molecule has 1 aliphatic rings. The van der Waals surface area contributed by atoms with Crippen molar-refractivity contribution in [2.75, 3.05) is 5.32 Å². The van der Waals surface area contributed by atoms with Gasteiger partial charge in [-0.05, 0) is 38.2 Å². The zero-order chi connectivity index (χ0) is 11.8. The zero-order valence-electron chi connectivity index (χ0n) is 8.77. The Morgan fingerprint density at radius 1 is 1.56 bits per heavy atom. The molecule has 1 amide bonds. The highest BCUT2D eigenvalue weighted by Crippen LogP contribution is 2.33. The van der Waals surface area contributed by atoms with Crippen molar-refractivity contribution in [2.45, 2.75) is 19.4 Å². The molecule has 0 unspecified atom stereocenters. The second-order valence-corrected chi connectivity index (χ2v) is 3.97. The van der Waals surface area contributed by atoms with E-state index in [2.05, 4.69) is 32.7 Å². The Balaban J connectivity index is 2.44. The molecule has 0 aliphatic carbocycles. The maximum Gasteiger partial charge on any atom is 0.269 e. The molecule has 1 aromatic rings. The van der Waals surface area contributed by atoms with Crippen LogP contribution in [-0.4, -0.2) is 21.7 Å². The van der Waals surface area contributed by atoms with E-state index in [4.69, 9.17) is 4.74 Å². The fourth-order valence-electron chi connectivity index (χ4n) is 1.30. The smallest absolute Gasteiger partial charge is 0.269 e. The number of aromatic nitrogens is 1. The van der Waals surface area contributed by atoms with E-state index in [0.29, 0.717) is 17.4 Å². The highest BCUT2D eigenvalue weighted by atomic mass is 32.1. The maximum atomic E-state index is 11.6. The number of anilines is 1. The van der Waals surface area contributed by atoms with E-state index in [1.54, 1.807) is 26.0 Å². The van der Waals surface area contributed by atoms with Gasteiger partial charge >= 0.3 is 0 Å². The minimum atomic E-state index is -0.885. The van der Waals surface area contributed by atoms with Gasteiger partial charge in [0.25, 0.3) is 5.91 Å². The van der Waals surface area contributed by atoms with Gasteiger partial charge in [-0.2, -0.15) is 4.99 Å². The van der Waals surface area contributed by atoms with E-state index in [0.717, 1.165) is 0 Å². The number of thiocarbonyl (C=S) groups is 1. The summed E-state index contributed by atoms with van der Waals surface area (Å²) in [6.07, 6.45) is 0. The summed E-state index contributed by atoms with van der Waals surface area (Å²) in [5.41, 5.74) is -0.885. The topological polar surface area (TPSA) is 63.6 Å². The summed E-state index contributed by atoms with van der Waals surface area (Å²) < 4.78 is 5.50. The minimum Gasteiger partial charge on any atom is -0.474 e. The number of amides is 1. The quantitative estimate of drug-likeness (QED) is 0.596. The fourth-order valence-corrected chi connectivity index (χ4v) is 1.39. The van der Waals surface area contributed by atoms with Gasteiger partial charge in [-0.1, -0.05) is 0 Å². The van der Waals surface area contributed by atoms with Gasteiger partial charge in [0.1, 0.15) is 0 Å². The highest BCUT2D eigenvalue weighted by Gasteiger charge is 2.36. The summed E-state index contributed by atoms with van der Waals surface area (Å²) >= 11 is 4.47. The van der Waals surface area contributed by atoms with Crippen LogP contribution in [0.5, 0.6) is 5.75 Å². The fraction of sp³-hybridized carbons (Fsp3) is 0.300. The van der Waals surface area contributed by atoms with Crippen molar-refractivity contribution in [3.63, 3.8) is 0 Å².